The van der Waals surface area contributed by atoms with E-state index in [2.05, 4.69) is 33.9 Å². The number of hydrogen-bond donors (Lipinski definition) is 1. The van der Waals surface area contributed by atoms with E-state index in [4.69, 9.17) is 8.83 Å². The third-order valence-corrected chi connectivity index (χ3v) is 6.02. The molecule has 4 aromatic rings. The van der Waals surface area contributed by atoms with Crippen LogP contribution in [0.15, 0.2) is 61.0 Å². The molecule has 2 aromatic carbocycles. The molecule has 0 aliphatic carbocycles. The number of hydrogen-bond acceptors (Lipinski definition) is 7. The molecular formula is C20H20N3O6S+2. The van der Waals surface area contributed by atoms with Crippen molar-refractivity contribution in [2.75, 3.05) is 18.0 Å². The molecule has 30 heavy (non-hydrogen) atoms. The summed E-state index contributed by atoms with van der Waals surface area (Å²) in [4.78, 5) is 18.9. The van der Waals surface area contributed by atoms with E-state index in [0.29, 0.717) is 11.2 Å². The molecule has 1 radical (unpaired) electrons. The van der Waals surface area contributed by atoms with Gasteiger partial charge in [0.2, 0.25) is 10.8 Å². The molecule has 0 saturated carbocycles. The van der Waals surface area contributed by atoms with Crippen LogP contribution in [0.2, 0.25) is 0 Å². The van der Waals surface area contributed by atoms with Crippen LogP contribution >= 0.6 is 0 Å². The molecule has 4 rings (SSSR count). The maximum absolute atomic E-state index is 12.6. The van der Waals surface area contributed by atoms with Crippen molar-refractivity contribution in [1.82, 2.24) is 4.98 Å². The van der Waals surface area contributed by atoms with E-state index < -0.39 is 16.1 Å². The lowest BCUT2D eigenvalue weighted by Gasteiger charge is -2.20. The van der Waals surface area contributed by atoms with Crippen LogP contribution in [0.5, 0.6) is 0 Å². The first kappa shape index (κ1) is 20.2. The molecule has 1 unspecified atom stereocenters. The summed E-state index contributed by atoms with van der Waals surface area (Å²) in [7, 11) is -3.97. The summed E-state index contributed by atoms with van der Waals surface area (Å²) in [6, 6.07) is 11.4. The van der Waals surface area contributed by atoms with Crippen LogP contribution in [-0.4, -0.2) is 18.1 Å². The number of aromatic nitrogens is 1. The van der Waals surface area contributed by atoms with Crippen molar-refractivity contribution in [2.24, 2.45) is 0 Å². The molecule has 0 fully saturated rings. The summed E-state index contributed by atoms with van der Waals surface area (Å²) in [6.45, 7) is 5.79. The Kier molecular flexibility index (Phi) is 5.16. The number of oxazole rings is 1. The average molecular weight is 430 g/mol. The number of rotatable bonds is 6. The van der Waals surface area contributed by atoms with Crippen molar-refractivity contribution in [1.29, 1.82) is 0 Å². The third kappa shape index (κ3) is 3.50. The Hall–Kier alpha value is -3.05. The van der Waals surface area contributed by atoms with Gasteiger partial charge in [0.15, 0.2) is 5.58 Å². The molecule has 0 amide bonds. The van der Waals surface area contributed by atoms with Crippen molar-refractivity contribution in [3.05, 3.63) is 52.9 Å². The van der Waals surface area contributed by atoms with Gasteiger partial charge in [-0.25, -0.2) is 9.78 Å². The second kappa shape index (κ2) is 7.65. The topological polar surface area (TPSA) is 133 Å². The molecule has 2 heterocycles. The number of quaternary nitrogens is 1. The Balaban J connectivity index is 1.79. The number of anilines is 1. The highest BCUT2D eigenvalue weighted by Gasteiger charge is 2.37. The van der Waals surface area contributed by atoms with Crippen molar-refractivity contribution < 1.29 is 27.8 Å². The fraction of sp³-hybridized carbons (Fsp3) is 0.200. The lowest BCUT2D eigenvalue weighted by molar-refractivity contribution is -0.637. The molecular weight excluding hydrogens is 410 g/mol. The fourth-order valence-corrected chi connectivity index (χ4v) is 3.91. The monoisotopic (exact) mass is 430 g/mol. The van der Waals surface area contributed by atoms with Crippen molar-refractivity contribution in [3.63, 3.8) is 0 Å². The van der Waals surface area contributed by atoms with Crippen LogP contribution in [0.1, 0.15) is 13.8 Å². The van der Waals surface area contributed by atoms with E-state index in [-0.39, 0.29) is 21.9 Å². The van der Waals surface area contributed by atoms with Gasteiger partial charge in [0.05, 0.1) is 8.84 Å². The summed E-state index contributed by atoms with van der Waals surface area (Å²) in [6.07, 6.45) is 0. The second-order valence-electron chi connectivity index (χ2n) is 6.56. The standard InChI is InChI=1S/C20H20N3O6S/c1-3-23(4-2)13-6-5-12-9-15(20(24)28-18(12)10-13)19-22-16-11-14(30(25,26)29-21)7-8-17(16)27-19/h5-11H,3-4H2,1-2,21H3/q+2. The third-order valence-electron chi connectivity index (χ3n) is 4.88. The Bertz CT molecular complexity index is 1340. The first-order valence-electron chi connectivity index (χ1n) is 9.28. The maximum Gasteiger partial charge on any atom is 0.482 e. The lowest BCUT2D eigenvalue weighted by atomic mass is 10.1. The van der Waals surface area contributed by atoms with Gasteiger partial charge in [-0.1, -0.05) is 0 Å². The number of nitrogens with zero attached hydrogens (tertiary/aromatic N) is 2. The lowest BCUT2D eigenvalue weighted by Crippen LogP contribution is -2.52. The van der Waals surface area contributed by atoms with Crippen molar-refractivity contribution in [3.8, 4) is 11.5 Å². The molecule has 0 aliphatic rings. The van der Waals surface area contributed by atoms with E-state index in [0.717, 1.165) is 24.2 Å². The predicted molar refractivity (Wildman–Crippen MR) is 110 cm³/mol. The first-order chi connectivity index (χ1) is 14.4. The van der Waals surface area contributed by atoms with E-state index in [1.165, 1.54) is 18.2 Å². The highest BCUT2D eigenvalue weighted by Crippen LogP contribution is 2.29. The number of fused-ring (bicyclic) bond motifs is 2. The van der Waals surface area contributed by atoms with E-state index in [1.54, 1.807) is 6.07 Å². The SMILES string of the molecule is CCN(CC)c1ccc2cc(-c3nc4cc([S+]([O])(=O)O[NH3+])ccc4o3)c(=O)oc2c1. The van der Waals surface area contributed by atoms with Gasteiger partial charge in [-0.05, 0) is 42.3 Å². The normalized spacial score (nSPS) is 13.6. The minimum atomic E-state index is -3.97. The summed E-state index contributed by atoms with van der Waals surface area (Å²) >= 11 is 0. The van der Waals surface area contributed by atoms with Crippen LogP contribution < -0.4 is 16.4 Å². The van der Waals surface area contributed by atoms with Crippen LogP contribution in [0, 0.1) is 0 Å². The Morgan fingerprint density at radius 3 is 2.53 bits per heavy atom. The van der Waals surface area contributed by atoms with Crippen molar-refractivity contribution in [2.45, 2.75) is 18.7 Å². The largest absolute Gasteiger partial charge is 0.482 e. The van der Waals surface area contributed by atoms with Crippen molar-refractivity contribution >= 4 is 38.3 Å². The summed E-state index contributed by atoms with van der Waals surface area (Å²) in [5.41, 5.74) is 1.56. The highest BCUT2D eigenvalue weighted by atomic mass is 32.3. The zero-order valence-corrected chi connectivity index (χ0v) is 17.2. The van der Waals surface area contributed by atoms with Gasteiger partial charge < -0.3 is 13.7 Å². The zero-order valence-electron chi connectivity index (χ0n) is 16.4. The highest BCUT2D eigenvalue weighted by molar-refractivity contribution is 7.92. The molecule has 155 valence electrons. The Labute approximate surface area is 172 Å². The summed E-state index contributed by atoms with van der Waals surface area (Å²) in [5, 5.41) is 0.719. The van der Waals surface area contributed by atoms with Gasteiger partial charge in [0.1, 0.15) is 16.7 Å². The summed E-state index contributed by atoms with van der Waals surface area (Å²) < 4.78 is 39.1. The van der Waals surface area contributed by atoms with Crippen LogP contribution in [0.3, 0.4) is 0 Å². The van der Waals surface area contributed by atoms with Crippen LogP contribution in [0.4, 0.5) is 5.69 Å². The molecule has 0 bridgehead atoms. The number of benzene rings is 2. The van der Waals surface area contributed by atoms with Gasteiger partial charge in [-0.2, -0.15) is 5.90 Å². The molecule has 2 aromatic heterocycles. The van der Waals surface area contributed by atoms with Crippen LogP contribution in [0.25, 0.3) is 33.5 Å². The first-order valence-corrected chi connectivity index (χ1v) is 10.7. The molecule has 9 nitrogen and oxygen atoms in total. The molecule has 0 spiro atoms. The average Bonchev–Trinajstić information content (AvgIpc) is 3.17. The molecule has 0 saturated heterocycles. The minimum Gasteiger partial charge on any atom is -0.436 e. The van der Waals surface area contributed by atoms with E-state index in [1.807, 2.05) is 18.2 Å². The quantitative estimate of drug-likeness (QED) is 0.282. The molecule has 3 N–H and O–H groups in total. The smallest absolute Gasteiger partial charge is 0.436 e. The summed E-state index contributed by atoms with van der Waals surface area (Å²) in [5.74, 6) is 2.99. The Morgan fingerprint density at radius 2 is 1.83 bits per heavy atom. The van der Waals surface area contributed by atoms with Crippen LogP contribution in [-0.2, 0) is 23.5 Å². The molecule has 10 heteroatoms. The van der Waals surface area contributed by atoms with Gasteiger partial charge in [-0.15, -0.1) is 0 Å². The van der Waals surface area contributed by atoms with Gasteiger partial charge in [0.25, 0.3) is 0 Å². The van der Waals surface area contributed by atoms with Gasteiger partial charge in [0, 0.05) is 42.4 Å². The maximum atomic E-state index is 12.6. The van der Waals surface area contributed by atoms with Gasteiger partial charge in [-0.3, -0.25) is 0 Å². The van der Waals surface area contributed by atoms with Gasteiger partial charge >= 0.3 is 16.1 Å². The second-order valence-corrected chi connectivity index (χ2v) is 8.18. The Morgan fingerprint density at radius 1 is 1.07 bits per heavy atom. The zero-order chi connectivity index (χ0) is 21.5. The molecule has 0 aliphatic heterocycles. The van der Waals surface area contributed by atoms with E-state index in [9.17, 15) is 13.6 Å². The van der Waals surface area contributed by atoms with E-state index >= 15 is 0 Å². The fourth-order valence-electron chi connectivity index (χ4n) is 3.28. The minimum absolute atomic E-state index is 0.0403. The molecule has 1 atom stereocenters. The predicted octanol–water partition coefficient (Wildman–Crippen LogP) is 2.74.